The van der Waals surface area contributed by atoms with Crippen molar-refractivity contribution in [2.24, 2.45) is 0 Å². The fourth-order valence-electron chi connectivity index (χ4n) is 3.15. The molecule has 30 heavy (non-hydrogen) atoms. The van der Waals surface area contributed by atoms with Crippen LogP contribution in [-0.4, -0.2) is 42.2 Å². The number of carbonyl (C=O) groups is 3. The molecule has 0 atom stereocenters. The van der Waals surface area contributed by atoms with Crippen LogP contribution >= 0.6 is 11.8 Å². The second kappa shape index (κ2) is 10.3. The van der Waals surface area contributed by atoms with E-state index in [0.717, 1.165) is 17.7 Å². The van der Waals surface area contributed by atoms with Crippen molar-refractivity contribution in [1.29, 1.82) is 0 Å². The molecule has 1 saturated heterocycles. The first-order chi connectivity index (χ1) is 14.5. The predicted molar refractivity (Wildman–Crippen MR) is 117 cm³/mol. The van der Waals surface area contributed by atoms with Crippen molar-refractivity contribution in [2.45, 2.75) is 29.4 Å². The molecule has 158 valence electrons. The number of thioether (sulfide) groups is 1. The molecule has 3 amide bonds. The smallest absolute Gasteiger partial charge is 0.313 e. The third-order valence-corrected chi connectivity index (χ3v) is 6.22. The topological polar surface area (TPSA) is 96.5 Å². The Balaban J connectivity index is 1.56. The van der Waals surface area contributed by atoms with Crippen LogP contribution in [0.15, 0.2) is 59.5 Å². The summed E-state index contributed by atoms with van der Waals surface area (Å²) in [6.07, 6.45) is 1.58. The lowest BCUT2D eigenvalue weighted by molar-refractivity contribution is -0.136. The van der Waals surface area contributed by atoms with Crippen molar-refractivity contribution in [1.82, 2.24) is 5.32 Å². The highest BCUT2D eigenvalue weighted by atomic mass is 32.2. The van der Waals surface area contributed by atoms with Crippen molar-refractivity contribution < 1.29 is 19.1 Å². The fourth-order valence-corrected chi connectivity index (χ4v) is 4.45. The first-order valence-corrected chi connectivity index (χ1v) is 10.6. The summed E-state index contributed by atoms with van der Waals surface area (Å²) < 4.78 is 5.29. The first kappa shape index (κ1) is 21.9. The normalized spacial score (nSPS) is 15.1. The number of amides is 3. The monoisotopic (exact) mass is 427 g/mol. The summed E-state index contributed by atoms with van der Waals surface area (Å²) >= 11 is 1.72. The highest BCUT2D eigenvalue weighted by Gasteiger charge is 2.34. The van der Waals surface area contributed by atoms with Gasteiger partial charge in [0.05, 0.1) is 0 Å². The second-order valence-electron chi connectivity index (χ2n) is 7.11. The molecule has 3 rings (SSSR count). The zero-order valence-electron chi connectivity index (χ0n) is 16.8. The third kappa shape index (κ3) is 6.33. The van der Waals surface area contributed by atoms with Crippen LogP contribution < -0.4 is 16.0 Å². The summed E-state index contributed by atoms with van der Waals surface area (Å²) in [5.74, 6) is -1.59. The van der Waals surface area contributed by atoms with E-state index < -0.39 is 11.8 Å². The van der Waals surface area contributed by atoms with E-state index >= 15 is 0 Å². The molecule has 0 saturated carbocycles. The van der Waals surface area contributed by atoms with Gasteiger partial charge in [-0.05, 0) is 49.2 Å². The first-order valence-electron chi connectivity index (χ1n) is 9.74. The van der Waals surface area contributed by atoms with Crippen molar-refractivity contribution in [3.63, 3.8) is 0 Å². The molecule has 2 aromatic rings. The van der Waals surface area contributed by atoms with Crippen molar-refractivity contribution >= 4 is 40.9 Å². The molecule has 1 fully saturated rings. The van der Waals surface area contributed by atoms with Crippen LogP contribution in [-0.2, 0) is 19.1 Å². The lowest BCUT2D eigenvalue weighted by atomic mass is 9.99. The highest BCUT2D eigenvalue weighted by molar-refractivity contribution is 8.00. The molecular weight excluding hydrogens is 402 g/mol. The molecule has 8 heteroatoms. The largest absolute Gasteiger partial charge is 0.381 e. The van der Waals surface area contributed by atoms with Gasteiger partial charge in [-0.15, -0.1) is 11.8 Å². The average Bonchev–Trinajstić information content (AvgIpc) is 2.74. The van der Waals surface area contributed by atoms with Crippen LogP contribution in [0.2, 0.25) is 0 Å². The van der Waals surface area contributed by atoms with E-state index in [-0.39, 0.29) is 10.7 Å². The average molecular weight is 428 g/mol. The van der Waals surface area contributed by atoms with E-state index in [0.29, 0.717) is 31.1 Å². The van der Waals surface area contributed by atoms with E-state index in [1.54, 1.807) is 36.0 Å². The molecule has 1 aliphatic rings. The molecule has 0 radical (unpaired) electrons. The Morgan fingerprint density at radius 1 is 0.900 bits per heavy atom. The van der Waals surface area contributed by atoms with Gasteiger partial charge in [0.1, 0.15) is 0 Å². The molecule has 7 nitrogen and oxygen atoms in total. The van der Waals surface area contributed by atoms with Crippen LogP contribution in [0.25, 0.3) is 0 Å². The lowest BCUT2D eigenvalue weighted by Gasteiger charge is -2.36. The van der Waals surface area contributed by atoms with Gasteiger partial charge in [0.2, 0.25) is 5.91 Å². The summed E-state index contributed by atoms with van der Waals surface area (Å²) in [6.45, 7) is 3.05. The van der Waals surface area contributed by atoms with Gasteiger partial charge < -0.3 is 20.7 Å². The summed E-state index contributed by atoms with van der Waals surface area (Å²) in [4.78, 5) is 36.9. The quantitative estimate of drug-likeness (QED) is 0.616. The SMILES string of the molecule is CC(=O)Nc1ccc(NC(=O)C(=O)NCC2(Sc3ccccc3)CCOCC2)cc1. The van der Waals surface area contributed by atoms with Crippen LogP contribution in [0.1, 0.15) is 19.8 Å². The van der Waals surface area contributed by atoms with E-state index in [1.807, 2.05) is 30.3 Å². The molecule has 0 bridgehead atoms. The molecular formula is C22H25N3O4S. The van der Waals surface area contributed by atoms with Gasteiger partial charge in [-0.2, -0.15) is 0 Å². The molecule has 0 aliphatic carbocycles. The molecule has 1 aliphatic heterocycles. The molecule has 3 N–H and O–H groups in total. The van der Waals surface area contributed by atoms with E-state index in [4.69, 9.17) is 4.74 Å². The standard InChI is InChI=1S/C22H25N3O4S/c1-16(26)24-17-7-9-18(10-8-17)25-21(28)20(27)23-15-22(11-13-29-14-12-22)30-19-5-3-2-4-6-19/h2-10H,11-15H2,1H3,(H,23,27)(H,24,26)(H,25,28). The van der Waals surface area contributed by atoms with Crippen LogP contribution in [0.5, 0.6) is 0 Å². The van der Waals surface area contributed by atoms with Gasteiger partial charge in [-0.1, -0.05) is 18.2 Å². The van der Waals surface area contributed by atoms with Gasteiger partial charge in [-0.3, -0.25) is 14.4 Å². The summed E-state index contributed by atoms with van der Waals surface area (Å²) in [5, 5.41) is 8.01. The number of anilines is 2. The van der Waals surface area contributed by atoms with Gasteiger partial charge >= 0.3 is 11.8 Å². The Bertz CT molecular complexity index is 881. The molecule has 1 heterocycles. The van der Waals surface area contributed by atoms with Crippen molar-refractivity contribution in [3.8, 4) is 0 Å². The second-order valence-corrected chi connectivity index (χ2v) is 8.65. The van der Waals surface area contributed by atoms with Gasteiger partial charge in [0, 0.05) is 47.7 Å². The maximum Gasteiger partial charge on any atom is 0.313 e. The maximum absolute atomic E-state index is 12.4. The van der Waals surface area contributed by atoms with Crippen molar-refractivity contribution in [2.75, 3.05) is 30.4 Å². The minimum Gasteiger partial charge on any atom is -0.381 e. The highest BCUT2D eigenvalue weighted by Crippen LogP contribution is 2.40. The van der Waals surface area contributed by atoms with Crippen molar-refractivity contribution in [3.05, 3.63) is 54.6 Å². The fraction of sp³-hybridized carbons (Fsp3) is 0.318. The summed E-state index contributed by atoms with van der Waals surface area (Å²) in [7, 11) is 0. The van der Waals surface area contributed by atoms with Crippen LogP contribution in [0, 0.1) is 0 Å². The number of hydrogen-bond donors (Lipinski definition) is 3. The Labute approximate surface area is 180 Å². The Hall–Kier alpha value is -2.84. The van der Waals surface area contributed by atoms with Gasteiger partial charge in [0.25, 0.3) is 0 Å². The Morgan fingerprint density at radius 2 is 1.50 bits per heavy atom. The molecule has 0 unspecified atom stereocenters. The minimum absolute atomic E-state index is 0.179. The van der Waals surface area contributed by atoms with Gasteiger partial charge in [0.15, 0.2) is 0 Å². The third-order valence-electron chi connectivity index (χ3n) is 4.72. The van der Waals surface area contributed by atoms with E-state index in [2.05, 4.69) is 16.0 Å². The number of nitrogens with one attached hydrogen (secondary N) is 3. The maximum atomic E-state index is 12.4. The van der Waals surface area contributed by atoms with E-state index in [9.17, 15) is 14.4 Å². The molecule has 0 spiro atoms. The van der Waals surface area contributed by atoms with Gasteiger partial charge in [-0.25, -0.2) is 0 Å². The van der Waals surface area contributed by atoms with E-state index in [1.165, 1.54) is 6.92 Å². The van der Waals surface area contributed by atoms with Crippen LogP contribution in [0.3, 0.4) is 0 Å². The minimum atomic E-state index is -0.728. The number of ether oxygens (including phenoxy) is 1. The summed E-state index contributed by atoms with van der Waals surface area (Å²) in [6, 6.07) is 16.6. The number of benzene rings is 2. The Morgan fingerprint density at radius 3 is 2.10 bits per heavy atom. The zero-order valence-corrected chi connectivity index (χ0v) is 17.6. The molecule has 0 aromatic heterocycles. The summed E-state index contributed by atoms with van der Waals surface area (Å²) in [5.41, 5.74) is 1.09. The number of rotatable bonds is 6. The Kier molecular flexibility index (Phi) is 7.48. The number of carbonyl (C=O) groups excluding carboxylic acids is 3. The molecule has 2 aromatic carbocycles. The van der Waals surface area contributed by atoms with Crippen LogP contribution in [0.4, 0.5) is 11.4 Å². The zero-order chi connectivity index (χ0) is 21.4. The predicted octanol–water partition coefficient (Wildman–Crippen LogP) is 3.04. The number of hydrogen-bond acceptors (Lipinski definition) is 5. The lowest BCUT2D eigenvalue weighted by Crippen LogP contribution is -2.47.